The van der Waals surface area contributed by atoms with Crippen LogP contribution in [-0.2, 0) is 0 Å². The van der Waals surface area contributed by atoms with E-state index in [9.17, 15) is 9.59 Å². The van der Waals surface area contributed by atoms with Crippen LogP contribution in [0.1, 0.15) is 20.2 Å². The van der Waals surface area contributed by atoms with E-state index in [1.807, 2.05) is 30.3 Å². The maximum atomic E-state index is 12.9. The number of hydrogen-bond donors (Lipinski definition) is 0. The van der Waals surface area contributed by atoms with Crippen molar-refractivity contribution in [2.24, 2.45) is 0 Å². The molecule has 5 rings (SSSR count). The summed E-state index contributed by atoms with van der Waals surface area (Å²) < 4.78 is 6.32. The summed E-state index contributed by atoms with van der Waals surface area (Å²) in [6.07, 6.45) is 1.49. The number of thiazole rings is 1. The molecule has 2 amide bonds. The first-order valence-electron chi connectivity index (χ1n) is 9.27. The highest BCUT2D eigenvalue weighted by Gasteiger charge is 2.27. The molecule has 0 N–H and O–H groups in total. The van der Waals surface area contributed by atoms with Crippen LogP contribution in [0.3, 0.4) is 0 Å². The van der Waals surface area contributed by atoms with Gasteiger partial charge in [0.05, 0.1) is 26.2 Å². The average molecular weight is 424 g/mol. The number of carbonyl (C=O) groups is 2. The van der Waals surface area contributed by atoms with Crippen molar-refractivity contribution in [2.75, 3.05) is 26.2 Å². The number of thiophene rings is 1. The predicted octanol–water partition coefficient (Wildman–Crippen LogP) is 4.22. The number of piperazine rings is 1. The molecular formula is C21H17N3O3S2. The zero-order valence-corrected chi connectivity index (χ0v) is 17.0. The lowest BCUT2D eigenvalue weighted by molar-refractivity contribution is 0.0520. The van der Waals surface area contributed by atoms with Crippen molar-refractivity contribution in [2.45, 2.75) is 0 Å². The van der Waals surface area contributed by atoms with Gasteiger partial charge < -0.3 is 14.2 Å². The molecule has 0 atom stereocenters. The van der Waals surface area contributed by atoms with Crippen LogP contribution in [0, 0.1) is 0 Å². The van der Waals surface area contributed by atoms with Crippen LogP contribution in [0.15, 0.2) is 59.2 Å². The van der Waals surface area contributed by atoms with Crippen molar-refractivity contribution < 1.29 is 14.0 Å². The first kappa shape index (κ1) is 18.1. The Morgan fingerprint density at radius 3 is 2.34 bits per heavy atom. The van der Waals surface area contributed by atoms with Crippen molar-refractivity contribution in [1.82, 2.24) is 14.8 Å². The fraction of sp³-hybridized carbons (Fsp3) is 0.190. The van der Waals surface area contributed by atoms with Crippen LogP contribution in [0.4, 0.5) is 0 Å². The number of fused-ring (bicyclic) bond motifs is 1. The Balaban J connectivity index is 1.26. The maximum absolute atomic E-state index is 12.9. The lowest BCUT2D eigenvalue weighted by Gasteiger charge is -2.34. The van der Waals surface area contributed by atoms with Crippen LogP contribution in [-0.4, -0.2) is 52.8 Å². The van der Waals surface area contributed by atoms with Gasteiger partial charge in [-0.05, 0) is 36.4 Å². The second kappa shape index (κ2) is 7.46. The molecule has 0 unspecified atom stereocenters. The van der Waals surface area contributed by atoms with E-state index in [2.05, 4.69) is 11.1 Å². The topological polar surface area (TPSA) is 66.7 Å². The van der Waals surface area contributed by atoms with E-state index < -0.39 is 0 Å². The summed E-state index contributed by atoms with van der Waals surface area (Å²) in [7, 11) is 0. The van der Waals surface area contributed by atoms with E-state index in [4.69, 9.17) is 4.42 Å². The van der Waals surface area contributed by atoms with Crippen LogP contribution in [0.2, 0.25) is 0 Å². The van der Waals surface area contributed by atoms with E-state index in [0.29, 0.717) is 36.8 Å². The lowest BCUT2D eigenvalue weighted by Crippen LogP contribution is -2.50. The molecule has 3 aromatic heterocycles. The molecule has 1 saturated heterocycles. The highest BCUT2D eigenvalue weighted by molar-refractivity contribution is 7.26. The number of rotatable bonds is 3. The molecule has 1 aromatic carbocycles. The standard InChI is InChI=1S/C21H17N3O3S2/c25-20(15-5-3-13-27-15)23-9-11-24(12-10-23)21(26)18-8-7-17(28-18)19-22-14-4-1-2-6-16(14)29-19/h1-8,13H,9-12H2. The predicted molar refractivity (Wildman–Crippen MR) is 113 cm³/mol. The molecule has 146 valence electrons. The first-order chi connectivity index (χ1) is 14.2. The minimum Gasteiger partial charge on any atom is -0.459 e. The number of aromatic nitrogens is 1. The van der Waals surface area contributed by atoms with E-state index in [-0.39, 0.29) is 11.8 Å². The number of para-hydroxylation sites is 1. The zero-order chi connectivity index (χ0) is 19.8. The highest BCUT2D eigenvalue weighted by Crippen LogP contribution is 2.34. The number of furan rings is 1. The van der Waals surface area contributed by atoms with Gasteiger partial charge in [-0.3, -0.25) is 9.59 Å². The zero-order valence-electron chi connectivity index (χ0n) is 15.4. The number of benzene rings is 1. The molecule has 0 radical (unpaired) electrons. The van der Waals surface area contributed by atoms with Gasteiger partial charge in [0.25, 0.3) is 11.8 Å². The van der Waals surface area contributed by atoms with E-state index in [0.717, 1.165) is 20.1 Å². The van der Waals surface area contributed by atoms with Crippen molar-refractivity contribution in [1.29, 1.82) is 0 Å². The normalized spacial score (nSPS) is 14.5. The first-order valence-corrected chi connectivity index (χ1v) is 10.9. The van der Waals surface area contributed by atoms with Crippen molar-refractivity contribution in [3.05, 3.63) is 65.4 Å². The summed E-state index contributed by atoms with van der Waals surface area (Å²) >= 11 is 3.10. The number of amides is 2. The smallest absolute Gasteiger partial charge is 0.289 e. The summed E-state index contributed by atoms with van der Waals surface area (Å²) in [5, 5.41) is 0.934. The fourth-order valence-corrected chi connectivity index (χ4v) is 5.36. The third-order valence-corrected chi connectivity index (χ3v) is 7.19. The van der Waals surface area contributed by atoms with Crippen LogP contribution >= 0.6 is 22.7 Å². The quantitative estimate of drug-likeness (QED) is 0.495. The van der Waals surface area contributed by atoms with Crippen LogP contribution < -0.4 is 0 Å². The van der Waals surface area contributed by atoms with Crippen LogP contribution in [0.25, 0.3) is 20.1 Å². The van der Waals surface area contributed by atoms with Crippen LogP contribution in [0.5, 0.6) is 0 Å². The third-order valence-electron chi connectivity index (χ3n) is 4.91. The molecule has 8 heteroatoms. The van der Waals surface area contributed by atoms with Gasteiger partial charge in [-0.25, -0.2) is 4.98 Å². The van der Waals surface area contributed by atoms with E-state index in [1.54, 1.807) is 33.3 Å². The Hall–Kier alpha value is -2.97. The molecule has 1 aliphatic rings. The van der Waals surface area contributed by atoms with E-state index >= 15 is 0 Å². The Bertz CT molecular complexity index is 1140. The highest BCUT2D eigenvalue weighted by atomic mass is 32.1. The number of nitrogens with zero attached hydrogens (tertiary/aromatic N) is 3. The molecule has 0 bridgehead atoms. The Morgan fingerprint density at radius 1 is 0.862 bits per heavy atom. The van der Waals surface area contributed by atoms with Gasteiger partial charge in [0.1, 0.15) is 5.01 Å². The fourth-order valence-electron chi connectivity index (χ4n) is 3.37. The number of hydrogen-bond acceptors (Lipinski definition) is 6. The molecule has 29 heavy (non-hydrogen) atoms. The molecule has 4 heterocycles. The van der Waals surface area contributed by atoms with Gasteiger partial charge in [0.2, 0.25) is 0 Å². The largest absolute Gasteiger partial charge is 0.459 e. The summed E-state index contributed by atoms with van der Waals surface area (Å²) in [6.45, 7) is 2.03. The monoisotopic (exact) mass is 423 g/mol. The third kappa shape index (κ3) is 3.45. The van der Waals surface area contributed by atoms with Gasteiger partial charge in [-0.15, -0.1) is 22.7 Å². The second-order valence-corrected chi connectivity index (χ2v) is 8.83. The molecule has 0 saturated carbocycles. The molecule has 1 fully saturated rings. The minimum atomic E-state index is -0.128. The summed E-state index contributed by atoms with van der Waals surface area (Å²) in [4.78, 5) is 35.2. The van der Waals surface area contributed by atoms with Gasteiger partial charge in [0.15, 0.2) is 5.76 Å². The van der Waals surface area contributed by atoms with Gasteiger partial charge >= 0.3 is 0 Å². The summed E-state index contributed by atoms with van der Waals surface area (Å²) in [5.41, 5.74) is 0.978. The maximum Gasteiger partial charge on any atom is 0.289 e. The Kier molecular flexibility index (Phi) is 4.65. The lowest BCUT2D eigenvalue weighted by atomic mass is 10.2. The Morgan fingerprint density at radius 2 is 1.62 bits per heavy atom. The molecule has 6 nitrogen and oxygen atoms in total. The SMILES string of the molecule is O=C(c1ccco1)N1CCN(C(=O)c2ccc(-c3nc4ccccc4s3)s2)CC1. The minimum absolute atomic E-state index is 0.00691. The van der Waals surface area contributed by atoms with Crippen molar-refractivity contribution in [3.63, 3.8) is 0 Å². The van der Waals surface area contributed by atoms with Crippen molar-refractivity contribution >= 4 is 44.7 Å². The average Bonchev–Trinajstić information content (AvgIpc) is 3.52. The second-order valence-electron chi connectivity index (χ2n) is 6.71. The Labute approximate surface area is 175 Å². The van der Waals surface area contributed by atoms with Gasteiger partial charge in [0, 0.05) is 26.2 Å². The molecule has 1 aliphatic heterocycles. The molecule has 0 aliphatic carbocycles. The molecular weight excluding hydrogens is 406 g/mol. The van der Waals surface area contributed by atoms with Crippen molar-refractivity contribution in [3.8, 4) is 9.88 Å². The van der Waals surface area contributed by atoms with Gasteiger partial charge in [-0.2, -0.15) is 0 Å². The summed E-state index contributed by atoms with van der Waals surface area (Å²) in [6, 6.07) is 15.2. The summed E-state index contributed by atoms with van der Waals surface area (Å²) in [5.74, 6) is 0.215. The molecule has 0 spiro atoms. The van der Waals surface area contributed by atoms with E-state index in [1.165, 1.54) is 17.6 Å². The molecule has 4 aromatic rings. The number of carbonyl (C=O) groups excluding carboxylic acids is 2. The van der Waals surface area contributed by atoms with Gasteiger partial charge in [-0.1, -0.05) is 12.1 Å².